The second-order valence-corrected chi connectivity index (χ2v) is 7.29. The average molecular weight is 312 g/mol. The van der Waals surface area contributed by atoms with Gasteiger partial charge in [0, 0.05) is 18.8 Å². The van der Waals surface area contributed by atoms with E-state index >= 15 is 0 Å². The molecular weight excluding hydrogens is 284 g/mol. The van der Waals surface area contributed by atoms with Crippen LogP contribution in [0, 0.1) is 29.6 Å². The van der Waals surface area contributed by atoms with Crippen molar-refractivity contribution in [2.45, 2.75) is 71.4 Å². The molecule has 0 aromatic carbocycles. The first-order valence-corrected chi connectivity index (χ1v) is 8.76. The molecule has 5 nitrogen and oxygen atoms in total. The number of esters is 1. The molecule has 3 aliphatic rings. The van der Waals surface area contributed by atoms with Crippen molar-refractivity contribution in [3.05, 3.63) is 0 Å². The molecule has 3 fully saturated rings. The SMILES string of the molecule is CC[C@H]1C(=O)O[C@@H]2OC(CC)(OO)CCC3C2[C@H]1CC[C@H]3C. The van der Waals surface area contributed by atoms with E-state index in [9.17, 15) is 10.1 Å². The smallest absolute Gasteiger partial charge is 0.311 e. The number of hydrogen-bond donors (Lipinski definition) is 1. The molecule has 1 saturated carbocycles. The molecule has 1 aliphatic carbocycles. The summed E-state index contributed by atoms with van der Waals surface area (Å²) in [6, 6.07) is 0. The van der Waals surface area contributed by atoms with Gasteiger partial charge in [0.15, 0.2) is 0 Å². The summed E-state index contributed by atoms with van der Waals surface area (Å²) in [6.45, 7) is 6.27. The molecule has 7 atom stereocenters. The van der Waals surface area contributed by atoms with Crippen LogP contribution in [-0.4, -0.2) is 23.3 Å². The van der Waals surface area contributed by atoms with E-state index in [2.05, 4.69) is 13.8 Å². The molecule has 0 bridgehead atoms. The van der Waals surface area contributed by atoms with Gasteiger partial charge >= 0.3 is 5.97 Å². The van der Waals surface area contributed by atoms with Crippen molar-refractivity contribution < 1.29 is 24.4 Å². The van der Waals surface area contributed by atoms with Crippen molar-refractivity contribution >= 4 is 5.97 Å². The fraction of sp³-hybridized carbons (Fsp3) is 0.941. The number of carbonyl (C=O) groups excluding carboxylic acids is 1. The van der Waals surface area contributed by atoms with Gasteiger partial charge in [-0.2, -0.15) is 0 Å². The Morgan fingerprint density at radius 2 is 2.05 bits per heavy atom. The van der Waals surface area contributed by atoms with E-state index in [1.807, 2.05) is 6.92 Å². The Morgan fingerprint density at radius 3 is 2.68 bits per heavy atom. The first-order chi connectivity index (χ1) is 10.5. The average Bonchev–Trinajstić information content (AvgIpc) is 2.69. The molecule has 126 valence electrons. The van der Waals surface area contributed by atoms with Crippen LogP contribution in [0.5, 0.6) is 0 Å². The van der Waals surface area contributed by atoms with Crippen LogP contribution in [0.25, 0.3) is 0 Å². The highest BCUT2D eigenvalue weighted by atomic mass is 17.1. The largest absolute Gasteiger partial charge is 0.435 e. The van der Waals surface area contributed by atoms with Gasteiger partial charge < -0.3 is 9.47 Å². The molecule has 0 aromatic heterocycles. The van der Waals surface area contributed by atoms with Gasteiger partial charge in [-0.3, -0.25) is 4.79 Å². The molecule has 3 rings (SSSR count). The highest BCUT2D eigenvalue weighted by Crippen LogP contribution is 2.53. The summed E-state index contributed by atoms with van der Waals surface area (Å²) in [5, 5.41) is 9.36. The monoisotopic (exact) mass is 312 g/mol. The molecule has 2 saturated heterocycles. The fourth-order valence-electron chi connectivity index (χ4n) is 4.99. The summed E-state index contributed by atoms with van der Waals surface area (Å²) >= 11 is 0. The van der Waals surface area contributed by atoms with Crippen LogP contribution in [-0.2, 0) is 19.2 Å². The molecular formula is C17H28O5. The molecule has 1 N–H and O–H groups in total. The molecule has 0 radical (unpaired) electrons. The maximum absolute atomic E-state index is 12.4. The van der Waals surface area contributed by atoms with Crippen LogP contribution in [0.15, 0.2) is 0 Å². The molecule has 22 heavy (non-hydrogen) atoms. The zero-order valence-corrected chi connectivity index (χ0v) is 13.8. The Morgan fingerprint density at radius 1 is 1.27 bits per heavy atom. The Bertz CT molecular complexity index is 419. The second-order valence-electron chi connectivity index (χ2n) is 7.29. The van der Waals surface area contributed by atoms with E-state index in [0.29, 0.717) is 30.6 Å². The van der Waals surface area contributed by atoms with Crippen LogP contribution in [0.4, 0.5) is 0 Å². The van der Waals surface area contributed by atoms with Crippen molar-refractivity contribution in [3.8, 4) is 0 Å². The van der Waals surface area contributed by atoms with Crippen molar-refractivity contribution in [3.63, 3.8) is 0 Å². The van der Waals surface area contributed by atoms with Crippen LogP contribution in [0.3, 0.4) is 0 Å². The molecule has 3 unspecified atom stereocenters. The first-order valence-electron chi connectivity index (χ1n) is 8.76. The fourth-order valence-corrected chi connectivity index (χ4v) is 4.99. The minimum Gasteiger partial charge on any atom is -0.435 e. The Balaban J connectivity index is 1.95. The lowest BCUT2D eigenvalue weighted by atomic mass is 9.60. The van der Waals surface area contributed by atoms with Crippen LogP contribution in [0.2, 0.25) is 0 Å². The first kappa shape index (κ1) is 16.2. The molecule has 0 spiro atoms. The van der Waals surface area contributed by atoms with Crippen molar-refractivity contribution in [2.24, 2.45) is 29.6 Å². The van der Waals surface area contributed by atoms with Crippen LogP contribution in [0.1, 0.15) is 59.3 Å². The van der Waals surface area contributed by atoms with Crippen molar-refractivity contribution in [2.75, 3.05) is 0 Å². The minimum atomic E-state index is -1.04. The molecule has 0 amide bonds. The van der Waals surface area contributed by atoms with Gasteiger partial charge in [-0.25, -0.2) is 10.1 Å². The third-order valence-electron chi connectivity index (χ3n) is 6.38. The number of ether oxygens (including phenoxy) is 2. The van der Waals surface area contributed by atoms with Gasteiger partial charge in [-0.15, -0.1) is 0 Å². The summed E-state index contributed by atoms with van der Waals surface area (Å²) in [5.74, 6) is 0.434. The van der Waals surface area contributed by atoms with Gasteiger partial charge in [0.25, 0.3) is 0 Å². The minimum absolute atomic E-state index is 0.0102. The van der Waals surface area contributed by atoms with E-state index in [4.69, 9.17) is 14.4 Å². The lowest BCUT2D eigenvalue weighted by molar-refractivity contribution is -0.433. The molecule has 0 aromatic rings. The van der Waals surface area contributed by atoms with E-state index in [0.717, 1.165) is 25.7 Å². The second kappa shape index (κ2) is 6.10. The number of rotatable bonds is 3. The third-order valence-corrected chi connectivity index (χ3v) is 6.38. The van der Waals surface area contributed by atoms with Crippen molar-refractivity contribution in [1.82, 2.24) is 0 Å². The normalized spacial score (nSPS) is 48.3. The third kappa shape index (κ3) is 2.47. The van der Waals surface area contributed by atoms with Crippen LogP contribution < -0.4 is 0 Å². The molecule has 5 heteroatoms. The van der Waals surface area contributed by atoms with Crippen molar-refractivity contribution in [1.29, 1.82) is 0 Å². The summed E-state index contributed by atoms with van der Waals surface area (Å²) in [4.78, 5) is 17.1. The number of carbonyl (C=O) groups is 1. The van der Waals surface area contributed by atoms with Gasteiger partial charge in [0.1, 0.15) is 0 Å². The van der Waals surface area contributed by atoms with E-state index < -0.39 is 12.1 Å². The summed E-state index contributed by atoms with van der Waals surface area (Å²) < 4.78 is 11.7. The zero-order chi connectivity index (χ0) is 15.9. The molecule has 2 aliphatic heterocycles. The zero-order valence-electron chi connectivity index (χ0n) is 13.8. The van der Waals surface area contributed by atoms with E-state index in [-0.39, 0.29) is 17.8 Å². The maximum Gasteiger partial charge on any atom is 0.311 e. The summed E-state index contributed by atoms with van der Waals surface area (Å²) in [7, 11) is 0. The Kier molecular flexibility index (Phi) is 4.49. The lowest BCUT2D eigenvalue weighted by Gasteiger charge is -2.49. The van der Waals surface area contributed by atoms with Gasteiger partial charge in [0.05, 0.1) is 5.92 Å². The van der Waals surface area contributed by atoms with Gasteiger partial charge in [-0.05, 0) is 37.0 Å². The highest BCUT2D eigenvalue weighted by molar-refractivity contribution is 5.73. The van der Waals surface area contributed by atoms with Gasteiger partial charge in [-0.1, -0.05) is 27.2 Å². The van der Waals surface area contributed by atoms with Crippen LogP contribution >= 0.6 is 0 Å². The summed E-state index contributed by atoms with van der Waals surface area (Å²) in [5.41, 5.74) is 0. The van der Waals surface area contributed by atoms with E-state index in [1.54, 1.807) is 0 Å². The Hall–Kier alpha value is -0.650. The number of hydrogen-bond acceptors (Lipinski definition) is 5. The Labute approximate surface area is 132 Å². The summed E-state index contributed by atoms with van der Waals surface area (Å²) in [6.07, 6.45) is 4.58. The molecule has 2 heterocycles. The lowest BCUT2D eigenvalue weighted by Crippen LogP contribution is -2.53. The maximum atomic E-state index is 12.4. The van der Waals surface area contributed by atoms with Gasteiger partial charge in [0.2, 0.25) is 12.1 Å². The quantitative estimate of drug-likeness (QED) is 0.490. The topological polar surface area (TPSA) is 65.0 Å². The highest BCUT2D eigenvalue weighted by Gasteiger charge is 2.56. The standard InChI is InChI=1S/C17H28O5/c1-4-11-13-7-6-10(3)12-8-9-17(5-2,22-19)21-16(14(12)13)20-15(11)18/h10-14,16,19H,4-9H2,1-3H3/t10-,11-,12?,13+,14?,16-,17?/m1/s1. The van der Waals surface area contributed by atoms with E-state index in [1.165, 1.54) is 0 Å². The predicted molar refractivity (Wildman–Crippen MR) is 79.6 cm³/mol. The predicted octanol–water partition coefficient (Wildman–Crippen LogP) is 3.58.